The molecule has 4 N–H and O–H groups in total. The van der Waals surface area contributed by atoms with Gasteiger partial charge >= 0.3 is 0 Å². The van der Waals surface area contributed by atoms with E-state index in [1.165, 1.54) is 17.3 Å². The topological polar surface area (TPSA) is 92.6 Å². The van der Waals surface area contributed by atoms with E-state index in [2.05, 4.69) is 23.1 Å². The molecule has 0 radical (unpaired) electrons. The van der Waals surface area contributed by atoms with Gasteiger partial charge in [-0.15, -0.1) is 0 Å². The summed E-state index contributed by atoms with van der Waals surface area (Å²) < 4.78 is 0. The number of nitrogens with one attached hydrogen (secondary N) is 4. The van der Waals surface area contributed by atoms with Crippen LogP contribution in [0.3, 0.4) is 0 Å². The van der Waals surface area contributed by atoms with E-state index >= 15 is 0 Å². The molecular weight excluding hydrogens is 408 g/mol. The Bertz CT molecular complexity index is 1010. The maximum Gasteiger partial charge on any atom is 0.234 e. The standard InChI is InChI=1S/C23H28N6OS/c1-4-16-9-11-17(12-10-16)25-19(30)13-31-23-26-22-20(15(3)27-28-22)21(24)29(23)18-8-6-5-7-14(18)2/h5-12,15,20,22,24,27-28H,4,13H2,1-3H3,(H,25,30). The van der Waals surface area contributed by atoms with Gasteiger partial charge in [-0.05, 0) is 49.6 Å². The third kappa shape index (κ3) is 4.51. The normalized spacial score (nSPS) is 22.8. The van der Waals surface area contributed by atoms with Gasteiger partial charge in [0.15, 0.2) is 5.17 Å². The Labute approximate surface area is 187 Å². The smallest absolute Gasteiger partial charge is 0.234 e. The van der Waals surface area contributed by atoms with E-state index in [4.69, 9.17) is 10.4 Å². The fourth-order valence-electron chi connectivity index (χ4n) is 3.90. The van der Waals surface area contributed by atoms with Crippen LogP contribution in [0.2, 0.25) is 0 Å². The minimum Gasteiger partial charge on any atom is -0.325 e. The van der Waals surface area contributed by atoms with Gasteiger partial charge in [0.25, 0.3) is 0 Å². The van der Waals surface area contributed by atoms with Crippen molar-refractivity contribution in [1.29, 1.82) is 5.41 Å². The maximum absolute atomic E-state index is 12.6. The molecule has 0 aliphatic carbocycles. The number of thioether (sulfide) groups is 1. The van der Waals surface area contributed by atoms with Crippen LogP contribution in [0.5, 0.6) is 0 Å². The lowest BCUT2D eigenvalue weighted by atomic mass is 9.96. The van der Waals surface area contributed by atoms with Gasteiger partial charge in [0.1, 0.15) is 12.0 Å². The molecule has 4 rings (SSSR count). The minimum atomic E-state index is -0.213. The Balaban J connectivity index is 1.52. The number of amides is 1. The van der Waals surface area contributed by atoms with Crippen molar-refractivity contribution in [2.45, 2.75) is 39.4 Å². The quantitative estimate of drug-likeness (QED) is 0.576. The molecule has 2 aliphatic heterocycles. The van der Waals surface area contributed by atoms with Crippen LogP contribution in [-0.4, -0.2) is 34.9 Å². The first kappa shape index (κ1) is 21.5. The van der Waals surface area contributed by atoms with Crippen LogP contribution in [0.25, 0.3) is 0 Å². The molecule has 31 heavy (non-hydrogen) atoms. The zero-order chi connectivity index (χ0) is 22.0. The van der Waals surface area contributed by atoms with Crippen LogP contribution in [0.1, 0.15) is 25.0 Å². The summed E-state index contributed by atoms with van der Waals surface area (Å²) in [7, 11) is 0. The van der Waals surface area contributed by atoms with Gasteiger partial charge < -0.3 is 5.32 Å². The molecule has 3 atom stereocenters. The molecular formula is C23H28N6OS. The van der Waals surface area contributed by atoms with Crippen LogP contribution in [0.15, 0.2) is 53.5 Å². The molecule has 2 heterocycles. The Morgan fingerprint density at radius 2 is 1.94 bits per heavy atom. The van der Waals surface area contributed by atoms with Gasteiger partial charge in [0, 0.05) is 11.7 Å². The summed E-state index contributed by atoms with van der Waals surface area (Å²) in [5.74, 6) is 0.526. The second-order valence-electron chi connectivity index (χ2n) is 7.85. The van der Waals surface area contributed by atoms with E-state index in [1.54, 1.807) is 0 Å². The number of anilines is 2. The fraction of sp³-hybridized carbons (Fsp3) is 0.348. The number of fused-ring (bicyclic) bond motifs is 1. The predicted octanol–water partition coefficient (Wildman–Crippen LogP) is 3.52. The second-order valence-corrected chi connectivity index (χ2v) is 8.80. The molecule has 0 bridgehead atoms. The van der Waals surface area contributed by atoms with Crippen LogP contribution in [-0.2, 0) is 11.2 Å². The van der Waals surface area contributed by atoms with Gasteiger partial charge in [-0.3, -0.25) is 20.5 Å². The molecule has 2 aromatic carbocycles. The van der Waals surface area contributed by atoms with Crippen molar-refractivity contribution in [1.82, 2.24) is 10.9 Å². The zero-order valence-electron chi connectivity index (χ0n) is 18.0. The number of hydrogen-bond acceptors (Lipinski definition) is 6. The molecule has 0 saturated carbocycles. The van der Waals surface area contributed by atoms with E-state index in [9.17, 15) is 4.79 Å². The second kappa shape index (κ2) is 9.21. The summed E-state index contributed by atoms with van der Waals surface area (Å²) in [6, 6.07) is 16.0. The van der Waals surface area contributed by atoms with E-state index in [-0.39, 0.29) is 29.8 Å². The van der Waals surface area contributed by atoms with Crippen molar-refractivity contribution in [2.75, 3.05) is 16.0 Å². The highest BCUT2D eigenvalue weighted by Gasteiger charge is 2.44. The highest BCUT2D eigenvalue weighted by molar-refractivity contribution is 8.14. The van der Waals surface area contributed by atoms with E-state index in [0.29, 0.717) is 11.0 Å². The lowest BCUT2D eigenvalue weighted by Crippen LogP contribution is -2.50. The molecule has 7 nitrogen and oxygen atoms in total. The molecule has 3 unspecified atom stereocenters. The number of benzene rings is 2. The maximum atomic E-state index is 12.6. The third-order valence-electron chi connectivity index (χ3n) is 5.67. The number of carbonyl (C=O) groups excluding carboxylic acids is 1. The molecule has 1 amide bonds. The number of hydrazine groups is 1. The van der Waals surface area contributed by atoms with Crippen molar-refractivity contribution in [3.63, 3.8) is 0 Å². The third-order valence-corrected chi connectivity index (χ3v) is 6.62. The Kier molecular flexibility index (Phi) is 6.41. The van der Waals surface area contributed by atoms with Crippen molar-refractivity contribution < 1.29 is 4.79 Å². The lowest BCUT2D eigenvalue weighted by Gasteiger charge is -2.36. The predicted molar refractivity (Wildman–Crippen MR) is 129 cm³/mol. The van der Waals surface area contributed by atoms with Crippen LogP contribution < -0.4 is 21.1 Å². The van der Waals surface area contributed by atoms with Gasteiger partial charge in [-0.2, -0.15) is 0 Å². The first-order valence-electron chi connectivity index (χ1n) is 10.5. The average Bonchev–Trinajstić information content (AvgIpc) is 3.14. The summed E-state index contributed by atoms with van der Waals surface area (Å²) in [6.07, 6.45) is 0.753. The highest BCUT2D eigenvalue weighted by Crippen LogP contribution is 2.33. The largest absolute Gasteiger partial charge is 0.325 e. The van der Waals surface area contributed by atoms with E-state index in [0.717, 1.165) is 23.4 Å². The first-order chi connectivity index (χ1) is 15.0. The van der Waals surface area contributed by atoms with Crippen LogP contribution in [0, 0.1) is 18.3 Å². The van der Waals surface area contributed by atoms with Crippen molar-refractivity contribution in [3.05, 3.63) is 59.7 Å². The highest BCUT2D eigenvalue weighted by atomic mass is 32.2. The summed E-state index contributed by atoms with van der Waals surface area (Å²) in [5.41, 5.74) is 10.4. The van der Waals surface area contributed by atoms with E-state index in [1.807, 2.05) is 67.3 Å². The SMILES string of the molecule is CCc1ccc(NC(=O)CSC2=NC3NNC(C)C3C(=N)N2c2ccccc2C)cc1. The molecule has 0 aromatic heterocycles. The molecule has 2 aliphatic rings. The van der Waals surface area contributed by atoms with Gasteiger partial charge in [0.2, 0.25) is 5.91 Å². The number of aliphatic imine (C=N–C) groups is 1. The summed E-state index contributed by atoms with van der Waals surface area (Å²) in [5, 5.41) is 12.5. The van der Waals surface area contributed by atoms with Crippen molar-refractivity contribution >= 4 is 40.0 Å². The first-order valence-corrected chi connectivity index (χ1v) is 11.5. The molecule has 0 spiro atoms. The number of hydrogen-bond donors (Lipinski definition) is 4. The zero-order valence-corrected chi connectivity index (χ0v) is 18.8. The van der Waals surface area contributed by atoms with Gasteiger partial charge in [0.05, 0.1) is 17.4 Å². The summed E-state index contributed by atoms with van der Waals surface area (Å²) in [4.78, 5) is 19.3. The number of nitrogens with zero attached hydrogens (tertiary/aromatic N) is 2. The monoisotopic (exact) mass is 436 g/mol. The Morgan fingerprint density at radius 3 is 2.65 bits per heavy atom. The number of carbonyl (C=O) groups is 1. The van der Waals surface area contributed by atoms with Crippen LogP contribution >= 0.6 is 11.8 Å². The molecule has 2 aromatic rings. The minimum absolute atomic E-state index is 0.0742. The number of amidine groups is 2. The van der Waals surface area contributed by atoms with Crippen molar-refractivity contribution in [3.8, 4) is 0 Å². The number of aryl methyl sites for hydroxylation is 2. The summed E-state index contributed by atoms with van der Waals surface area (Å²) >= 11 is 1.35. The van der Waals surface area contributed by atoms with E-state index < -0.39 is 0 Å². The number of para-hydroxylation sites is 1. The molecule has 1 saturated heterocycles. The summed E-state index contributed by atoms with van der Waals surface area (Å²) in [6.45, 7) is 6.18. The molecule has 8 heteroatoms. The number of rotatable bonds is 5. The van der Waals surface area contributed by atoms with Crippen molar-refractivity contribution in [2.24, 2.45) is 10.9 Å². The Morgan fingerprint density at radius 1 is 1.19 bits per heavy atom. The van der Waals surface area contributed by atoms with Crippen LogP contribution in [0.4, 0.5) is 11.4 Å². The molecule has 1 fully saturated rings. The average molecular weight is 437 g/mol. The Hall–Kier alpha value is -2.68. The fourth-order valence-corrected chi connectivity index (χ4v) is 4.74. The van der Waals surface area contributed by atoms with Gasteiger partial charge in [-0.1, -0.05) is 49.0 Å². The molecule has 162 valence electrons. The van der Waals surface area contributed by atoms with Gasteiger partial charge in [-0.25, -0.2) is 10.4 Å². The lowest BCUT2D eigenvalue weighted by molar-refractivity contribution is -0.113.